The van der Waals surface area contributed by atoms with Gasteiger partial charge in [0.1, 0.15) is 11.6 Å². The zero-order valence-electron chi connectivity index (χ0n) is 10.5. The second kappa shape index (κ2) is 4.86. The van der Waals surface area contributed by atoms with Gasteiger partial charge in [0.2, 0.25) is 0 Å². The minimum Gasteiger partial charge on any atom is -0.316 e. The number of hydrogen-bond acceptors (Lipinski definition) is 4. The van der Waals surface area contributed by atoms with Crippen LogP contribution in [0.5, 0.6) is 0 Å². The molecule has 1 aliphatic heterocycles. The molecule has 0 aromatic carbocycles. The molecular weight excluding hydrogens is 226 g/mol. The van der Waals surface area contributed by atoms with Crippen LogP contribution in [0.25, 0.3) is 0 Å². The molecule has 5 nitrogen and oxygen atoms in total. The van der Waals surface area contributed by atoms with Gasteiger partial charge in [-0.15, -0.1) is 10.2 Å². The second-order valence-corrected chi connectivity index (χ2v) is 4.74. The van der Waals surface area contributed by atoms with Crippen molar-refractivity contribution in [3.05, 3.63) is 41.7 Å². The van der Waals surface area contributed by atoms with E-state index in [9.17, 15) is 0 Å². The van der Waals surface area contributed by atoms with Gasteiger partial charge < -0.3 is 9.88 Å². The molecule has 5 heteroatoms. The molecule has 0 bridgehead atoms. The maximum Gasteiger partial charge on any atom is 0.137 e. The van der Waals surface area contributed by atoms with Gasteiger partial charge in [0, 0.05) is 24.9 Å². The van der Waals surface area contributed by atoms with E-state index in [0.29, 0.717) is 5.92 Å². The Morgan fingerprint density at radius 2 is 2.17 bits per heavy atom. The molecule has 3 rings (SSSR count). The van der Waals surface area contributed by atoms with Crippen molar-refractivity contribution in [3.8, 4) is 0 Å². The number of nitrogens with zero attached hydrogens (tertiary/aromatic N) is 4. The summed E-state index contributed by atoms with van der Waals surface area (Å²) in [6.07, 6.45) is 4.80. The van der Waals surface area contributed by atoms with Crippen molar-refractivity contribution in [2.75, 3.05) is 13.1 Å². The zero-order valence-corrected chi connectivity index (χ0v) is 10.5. The molecule has 1 atom stereocenters. The Morgan fingerprint density at radius 3 is 2.89 bits per heavy atom. The van der Waals surface area contributed by atoms with Gasteiger partial charge in [0.15, 0.2) is 0 Å². The van der Waals surface area contributed by atoms with Crippen LogP contribution in [0.4, 0.5) is 0 Å². The SMILES string of the molecule is Cc1nnc(C2CCNC2)n1Cc1ccncc1. The van der Waals surface area contributed by atoms with E-state index in [1.165, 1.54) is 5.56 Å². The van der Waals surface area contributed by atoms with Gasteiger partial charge in [-0.25, -0.2) is 0 Å². The molecular formula is C13H17N5. The van der Waals surface area contributed by atoms with Crippen LogP contribution < -0.4 is 5.32 Å². The Labute approximate surface area is 106 Å². The Morgan fingerprint density at radius 1 is 1.33 bits per heavy atom. The monoisotopic (exact) mass is 243 g/mol. The van der Waals surface area contributed by atoms with Crippen LogP contribution in [0.3, 0.4) is 0 Å². The highest BCUT2D eigenvalue weighted by Crippen LogP contribution is 2.21. The summed E-state index contributed by atoms with van der Waals surface area (Å²) in [5.74, 6) is 2.58. The zero-order chi connectivity index (χ0) is 12.4. The van der Waals surface area contributed by atoms with Crippen molar-refractivity contribution in [2.45, 2.75) is 25.8 Å². The van der Waals surface area contributed by atoms with Crippen LogP contribution >= 0.6 is 0 Å². The lowest BCUT2D eigenvalue weighted by Gasteiger charge is -2.12. The predicted molar refractivity (Wildman–Crippen MR) is 68.3 cm³/mol. The van der Waals surface area contributed by atoms with Crippen LogP contribution in [0.1, 0.15) is 29.6 Å². The van der Waals surface area contributed by atoms with Gasteiger partial charge in [-0.3, -0.25) is 4.98 Å². The highest BCUT2D eigenvalue weighted by Gasteiger charge is 2.23. The number of rotatable bonds is 3. The van der Waals surface area contributed by atoms with Crippen molar-refractivity contribution in [3.63, 3.8) is 0 Å². The summed E-state index contributed by atoms with van der Waals surface area (Å²) >= 11 is 0. The lowest BCUT2D eigenvalue weighted by atomic mass is 10.1. The van der Waals surface area contributed by atoms with Gasteiger partial charge in [0.05, 0.1) is 6.54 Å². The molecule has 1 unspecified atom stereocenters. The summed E-state index contributed by atoms with van der Waals surface area (Å²) < 4.78 is 2.22. The normalized spacial score (nSPS) is 19.3. The Bertz CT molecular complexity index is 513. The van der Waals surface area contributed by atoms with E-state index in [1.807, 2.05) is 31.5 Å². The number of nitrogens with one attached hydrogen (secondary N) is 1. The maximum atomic E-state index is 4.35. The molecule has 0 saturated carbocycles. The van der Waals surface area contributed by atoms with Crippen LogP contribution in [0.2, 0.25) is 0 Å². The first kappa shape index (κ1) is 11.3. The fourth-order valence-corrected chi connectivity index (χ4v) is 2.44. The van der Waals surface area contributed by atoms with Crippen molar-refractivity contribution in [1.29, 1.82) is 0 Å². The quantitative estimate of drug-likeness (QED) is 0.877. The van der Waals surface area contributed by atoms with Crippen LogP contribution in [-0.4, -0.2) is 32.8 Å². The lowest BCUT2D eigenvalue weighted by Crippen LogP contribution is -2.14. The van der Waals surface area contributed by atoms with Crippen LogP contribution in [0.15, 0.2) is 24.5 Å². The van der Waals surface area contributed by atoms with Gasteiger partial charge in [-0.2, -0.15) is 0 Å². The third kappa shape index (κ3) is 2.13. The fourth-order valence-electron chi connectivity index (χ4n) is 2.44. The second-order valence-electron chi connectivity index (χ2n) is 4.74. The molecule has 2 aromatic rings. The van der Waals surface area contributed by atoms with Crippen LogP contribution in [0, 0.1) is 6.92 Å². The number of pyridine rings is 1. The fraction of sp³-hybridized carbons (Fsp3) is 0.462. The van der Waals surface area contributed by atoms with Gasteiger partial charge in [-0.1, -0.05) is 0 Å². The van der Waals surface area contributed by atoms with Crippen molar-refractivity contribution >= 4 is 0 Å². The van der Waals surface area contributed by atoms with Gasteiger partial charge in [-0.05, 0) is 37.6 Å². The highest BCUT2D eigenvalue weighted by molar-refractivity contribution is 5.14. The minimum absolute atomic E-state index is 0.494. The van der Waals surface area contributed by atoms with Crippen molar-refractivity contribution < 1.29 is 0 Å². The summed E-state index contributed by atoms with van der Waals surface area (Å²) in [4.78, 5) is 4.05. The molecule has 0 spiro atoms. The molecule has 0 aliphatic carbocycles. The molecule has 18 heavy (non-hydrogen) atoms. The topological polar surface area (TPSA) is 55.6 Å². The van der Waals surface area contributed by atoms with E-state index in [2.05, 4.69) is 25.1 Å². The molecule has 1 aliphatic rings. The lowest BCUT2D eigenvalue weighted by molar-refractivity contribution is 0.623. The molecule has 1 N–H and O–H groups in total. The van der Waals surface area contributed by atoms with Crippen molar-refractivity contribution in [2.24, 2.45) is 0 Å². The van der Waals surface area contributed by atoms with E-state index < -0.39 is 0 Å². The molecule has 1 saturated heterocycles. The molecule has 94 valence electrons. The first-order valence-corrected chi connectivity index (χ1v) is 6.34. The van der Waals surface area contributed by atoms with E-state index in [1.54, 1.807) is 0 Å². The first-order valence-electron chi connectivity index (χ1n) is 6.34. The Hall–Kier alpha value is -1.75. The third-order valence-electron chi connectivity index (χ3n) is 3.48. The number of hydrogen-bond donors (Lipinski definition) is 1. The molecule has 0 radical (unpaired) electrons. The Balaban J connectivity index is 1.88. The smallest absolute Gasteiger partial charge is 0.137 e. The molecule has 1 fully saturated rings. The summed E-state index contributed by atoms with van der Waals surface area (Å²) in [5.41, 5.74) is 1.24. The largest absolute Gasteiger partial charge is 0.316 e. The van der Waals surface area contributed by atoms with E-state index in [0.717, 1.165) is 37.7 Å². The van der Waals surface area contributed by atoms with E-state index >= 15 is 0 Å². The van der Waals surface area contributed by atoms with Gasteiger partial charge in [0.25, 0.3) is 0 Å². The van der Waals surface area contributed by atoms with E-state index in [4.69, 9.17) is 0 Å². The summed E-state index contributed by atoms with van der Waals surface area (Å²) in [5, 5.41) is 12.0. The minimum atomic E-state index is 0.494. The van der Waals surface area contributed by atoms with E-state index in [-0.39, 0.29) is 0 Å². The summed E-state index contributed by atoms with van der Waals surface area (Å²) in [6.45, 7) is 4.92. The predicted octanol–water partition coefficient (Wildman–Crippen LogP) is 1.11. The Kier molecular flexibility index (Phi) is 3.06. The maximum absolute atomic E-state index is 4.35. The highest BCUT2D eigenvalue weighted by atomic mass is 15.3. The molecule has 0 amide bonds. The molecule has 3 heterocycles. The van der Waals surface area contributed by atoms with Crippen LogP contribution in [-0.2, 0) is 6.54 Å². The number of aromatic nitrogens is 4. The average molecular weight is 243 g/mol. The average Bonchev–Trinajstić information content (AvgIpc) is 3.02. The van der Waals surface area contributed by atoms with Gasteiger partial charge >= 0.3 is 0 Å². The third-order valence-corrected chi connectivity index (χ3v) is 3.48. The first-order chi connectivity index (χ1) is 8.84. The standard InChI is InChI=1S/C13H17N5/c1-10-16-17-13(12-4-7-15-8-12)18(10)9-11-2-5-14-6-3-11/h2-3,5-6,12,15H,4,7-9H2,1H3. The van der Waals surface area contributed by atoms with Crippen molar-refractivity contribution in [1.82, 2.24) is 25.1 Å². The summed E-state index contributed by atoms with van der Waals surface area (Å²) in [6, 6.07) is 4.08. The molecule has 2 aromatic heterocycles. The summed E-state index contributed by atoms with van der Waals surface area (Å²) in [7, 11) is 0. The number of aryl methyl sites for hydroxylation is 1.